The number of hydrogen-bond donors (Lipinski definition) is 0. The van der Waals surface area contributed by atoms with Crippen molar-refractivity contribution >= 4 is 0 Å². The lowest BCUT2D eigenvalue weighted by Crippen LogP contribution is -2.36. The number of rotatable bonds is 9. The monoisotopic (exact) mass is 437 g/mol. The second-order valence-electron chi connectivity index (χ2n) is 7.91. The number of ether oxygens (including phenoxy) is 3. The van der Waals surface area contributed by atoms with Crippen LogP contribution < -0.4 is 9.47 Å². The summed E-state index contributed by atoms with van der Waals surface area (Å²) in [5, 5.41) is 9.32. The quantitative estimate of drug-likeness (QED) is 0.544. The summed E-state index contributed by atoms with van der Waals surface area (Å²) in [4.78, 5) is 4.25. The van der Waals surface area contributed by atoms with E-state index < -0.39 is 11.6 Å². The van der Waals surface area contributed by atoms with Crippen molar-refractivity contribution in [2.45, 2.75) is 57.9 Å². The Morgan fingerprint density at radius 1 is 1.26 bits per heavy atom. The summed E-state index contributed by atoms with van der Waals surface area (Å²) in [5.41, 5.74) is -0.593. The molecule has 2 heterocycles. The number of hydrogen-bond acceptors (Lipinski definition) is 5. The van der Waals surface area contributed by atoms with Gasteiger partial charge in [-0.2, -0.15) is 23.4 Å². The number of nitriles is 1. The number of halogens is 3. The maximum Gasteiger partial charge on any atom is 0.397 e. The van der Waals surface area contributed by atoms with E-state index in [-0.39, 0.29) is 18.3 Å². The summed E-state index contributed by atoms with van der Waals surface area (Å²) in [6, 6.07) is 8.41. The van der Waals surface area contributed by atoms with E-state index in [9.17, 15) is 18.4 Å². The van der Waals surface area contributed by atoms with Crippen molar-refractivity contribution in [1.82, 2.24) is 9.55 Å². The zero-order chi connectivity index (χ0) is 22.6. The molecule has 1 atom stereocenters. The van der Waals surface area contributed by atoms with Crippen LogP contribution in [0.3, 0.4) is 0 Å². The van der Waals surface area contributed by atoms with Gasteiger partial charge in [-0.1, -0.05) is 12.1 Å². The van der Waals surface area contributed by atoms with Gasteiger partial charge in [0.1, 0.15) is 18.4 Å². The molecule has 3 rings (SSSR count). The predicted octanol–water partition coefficient (Wildman–Crippen LogP) is 4.40. The van der Waals surface area contributed by atoms with Gasteiger partial charge in [0.15, 0.2) is 11.8 Å². The molecule has 0 unspecified atom stereocenters. The van der Waals surface area contributed by atoms with E-state index in [0.717, 1.165) is 26.0 Å². The van der Waals surface area contributed by atoms with Gasteiger partial charge in [-0.15, -0.1) is 0 Å². The van der Waals surface area contributed by atoms with Crippen LogP contribution in [0.5, 0.6) is 11.8 Å². The first-order valence-electron chi connectivity index (χ1n) is 10.2. The third-order valence-corrected chi connectivity index (χ3v) is 5.43. The smallest absolute Gasteiger partial charge is 0.397 e. The van der Waals surface area contributed by atoms with Gasteiger partial charge in [-0.05, 0) is 51.3 Å². The van der Waals surface area contributed by atoms with E-state index in [1.807, 2.05) is 11.5 Å². The van der Waals surface area contributed by atoms with Crippen LogP contribution in [-0.4, -0.2) is 41.7 Å². The zero-order valence-corrected chi connectivity index (χ0v) is 17.8. The topological polar surface area (TPSA) is 69.3 Å². The standard InChI is InChI=1S/C22H26F3N3O3/c1-4-29-11-5-6-19-18(12-26)27-20-28(19)13-17(31-20)14-30-16-9-7-15(8-10-16)21(2,3)22(23,24)25/h7-10,17H,4-6,11,13-14H2,1-3H3/t17-/m0/s1. The van der Waals surface area contributed by atoms with Gasteiger partial charge in [-0.25, -0.2) is 0 Å². The van der Waals surface area contributed by atoms with Gasteiger partial charge in [0.25, 0.3) is 6.01 Å². The Labute approximate surface area is 179 Å². The molecule has 0 N–H and O–H groups in total. The molecule has 2 aromatic rings. The molecule has 0 amide bonds. The average Bonchev–Trinajstić information content (AvgIpc) is 3.26. The predicted molar refractivity (Wildman–Crippen MR) is 107 cm³/mol. The highest BCUT2D eigenvalue weighted by Crippen LogP contribution is 2.40. The maximum absolute atomic E-state index is 13.2. The van der Waals surface area contributed by atoms with Gasteiger partial charge >= 0.3 is 6.18 Å². The van der Waals surface area contributed by atoms with E-state index in [2.05, 4.69) is 11.1 Å². The average molecular weight is 437 g/mol. The Balaban J connectivity index is 1.58. The largest absolute Gasteiger partial charge is 0.490 e. The molecule has 0 bridgehead atoms. The number of benzene rings is 1. The molecule has 0 saturated heterocycles. The molecule has 1 aromatic carbocycles. The van der Waals surface area contributed by atoms with Crippen LogP contribution in [0.1, 0.15) is 44.1 Å². The number of nitrogens with zero attached hydrogens (tertiary/aromatic N) is 3. The molecule has 0 fully saturated rings. The first-order valence-corrected chi connectivity index (χ1v) is 10.2. The van der Waals surface area contributed by atoms with Crippen molar-refractivity contribution in [3.05, 3.63) is 41.2 Å². The van der Waals surface area contributed by atoms with Crippen molar-refractivity contribution in [1.29, 1.82) is 5.26 Å². The van der Waals surface area contributed by atoms with E-state index >= 15 is 0 Å². The van der Waals surface area contributed by atoms with Gasteiger partial charge in [0, 0.05) is 13.2 Å². The van der Waals surface area contributed by atoms with Crippen LogP contribution in [0.2, 0.25) is 0 Å². The maximum atomic E-state index is 13.2. The van der Waals surface area contributed by atoms with Crippen LogP contribution in [0.4, 0.5) is 13.2 Å². The first kappa shape index (κ1) is 22.9. The molecule has 9 heteroatoms. The molecular weight excluding hydrogens is 411 g/mol. The van der Waals surface area contributed by atoms with E-state index in [1.165, 1.54) is 24.3 Å². The minimum Gasteiger partial charge on any atom is -0.490 e. The second-order valence-corrected chi connectivity index (χ2v) is 7.91. The minimum absolute atomic E-state index is 0.172. The fourth-order valence-electron chi connectivity index (χ4n) is 3.37. The Morgan fingerprint density at radius 2 is 1.97 bits per heavy atom. The van der Waals surface area contributed by atoms with Crippen molar-refractivity contribution in [2.75, 3.05) is 19.8 Å². The molecule has 168 valence electrons. The van der Waals surface area contributed by atoms with E-state index in [0.29, 0.717) is 43.6 Å². The van der Waals surface area contributed by atoms with Crippen molar-refractivity contribution in [3.63, 3.8) is 0 Å². The summed E-state index contributed by atoms with van der Waals surface area (Å²) < 4.78 is 58.3. The molecule has 1 aliphatic rings. The first-order chi connectivity index (χ1) is 14.7. The summed E-state index contributed by atoms with van der Waals surface area (Å²) in [6.07, 6.45) is -3.21. The van der Waals surface area contributed by atoms with Crippen LogP contribution in [-0.2, 0) is 23.1 Å². The molecule has 1 aromatic heterocycles. The van der Waals surface area contributed by atoms with Crippen LogP contribution in [0, 0.1) is 11.3 Å². The molecular formula is C22H26F3N3O3. The Hall–Kier alpha value is -2.73. The van der Waals surface area contributed by atoms with Gasteiger partial charge in [0.2, 0.25) is 0 Å². The molecule has 0 radical (unpaired) electrons. The molecule has 6 nitrogen and oxygen atoms in total. The van der Waals surface area contributed by atoms with Crippen LogP contribution in [0.25, 0.3) is 0 Å². The highest BCUT2D eigenvalue weighted by atomic mass is 19.4. The lowest BCUT2D eigenvalue weighted by molar-refractivity contribution is -0.180. The summed E-state index contributed by atoms with van der Waals surface area (Å²) in [5.74, 6) is 0.463. The number of fused-ring (bicyclic) bond motifs is 1. The Bertz CT molecular complexity index is 930. The fraction of sp³-hybridized carbons (Fsp3) is 0.545. The van der Waals surface area contributed by atoms with E-state index in [4.69, 9.17) is 14.2 Å². The highest BCUT2D eigenvalue weighted by molar-refractivity contribution is 5.34. The van der Waals surface area contributed by atoms with Crippen LogP contribution in [0.15, 0.2) is 24.3 Å². The number of aromatic nitrogens is 2. The molecule has 0 spiro atoms. The lowest BCUT2D eigenvalue weighted by atomic mass is 9.84. The van der Waals surface area contributed by atoms with Crippen LogP contribution >= 0.6 is 0 Å². The summed E-state index contributed by atoms with van der Waals surface area (Å²) >= 11 is 0. The molecule has 0 aliphatic carbocycles. The number of alkyl halides is 3. The zero-order valence-electron chi connectivity index (χ0n) is 17.8. The second kappa shape index (κ2) is 9.18. The molecule has 0 saturated carbocycles. The number of imidazole rings is 1. The van der Waals surface area contributed by atoms with Gasteiger partial charge in [-0.3, -0.25) is 4.57 Å². The third-order valence-electron chi connectivity index (χ3n) is 5.43. The normalized spacial score (nSPS) is 16.0. The Morgan fingerprint density at radius 3 is 2.58 bits per heavy atom. The Kier molecular flexibility index (Phi) is 6.80. The van der Waals surface area contributed by atoms with Crippen molar-refractivity contribution in [2.24, 2.45) is 0 Å². The van der Waals surface area contributed by atoms with Crippen molar-refractivity contribution in [3.8, 4) is 17.8 Å². The summed E-state index contributed by atoms with van der Waals surface area (Å²) in [6.45, 7) is 6.19. The SMILES string of the molecule is CCOCCCc1c(C#N)nc2n1C[C@@H](COc1ccc(C(C)(C)C(F)(F)F)cc1)O2. The molecule has 1 aliphatic heterocycles. The highest BCUT2D eigenvalue weighted by Gasteiger charge is 2.48. The van der Waals surface area contributed by atoms with Crippen molar-refractivity contribution < 1.29 is 27.4 Å². The third kappa shape index (κ3) is 4.96. The molecule has 31 heavy (non-hydrogen) atoms. The van der Waals surface area contributed by atoms with Gasteiger partial charge in [0.05, 0.1) is 17.7 Å². The lowest BCUT2D eigenvalue weighted by Gasteiger charge is -2.28. The van der Waals surface area contributed by atoms with E-state index in [1.54, 1.807) is 0 Å². The minimum atomic E-state index is -4.34. The van der Waals surface area contributed by atoms with Gasteiger partial charge < -0.3 is 14.2 Å². The summed E-state index contributed by atoms with van der Waals surface area (Å²) in [7, 11) is 0. The fourth-order valence-corrected chi connectivity index (χ4v) is 3.37.